The highest BCUT2D eigenvalue weighted by atomic mass is 19.1. The van der Waals surface area contributed by atoms with Crippen molar-refractivity contribution in [1.29, 1.82) is 0 Å². The summed E-state index contributed by atoms with van der Waals surface area (Å²) in [5.74, 6) is 0.0694. The molecule has 0 amide bonds. The van der Waals surface area contributed by atoms with Crippen LogP contribution in [0.1, 0.15) is 50.1 Å². The van der Waals surface area contributed by atoms with Crippen molar-refractivity contribution in [3.05, 3.63) is 29.7 Å². The number of hydrogen-bond donors (Lipinski definition) is 1. The molecule has 4 rings (SSSR count). The summed E-state index contributed by atoms with van der Waals surface area (Å²) in [5.41, 5.74) is 1.49. The SMILES string of the molecule is O[C@H]1CCCC[C@@H]1N1CCC(c2noc3cc(F)ccc23)CC1. The molecule has 5 heteroatoms. The van der Waals surface area contributed by atoms with Crippen molar-refractivity contribution in [2.75, 3.05) is 13.1 Å². The topological polar surface area (TPSA) is 49.5 Å². The van der Waals surface area contributed by atoms with Crippen molar-refractivity contribution in [3.63, 3.8) is 0 Å². The maximum atomic E-state index is 13.3. The monoisotopic (exact) mass is 318 g/mol. The highest BCUT2D eigenvalue weighted by Crippen LogP contribution is 2.35. The van der Waals surface area contributed by atoms with Crippen LogP contribution in [-0.2, 0) is 0 Å². The van der Waals surface area contributed by atoms with E-state index in [9.17, 15) is 9.50 Å². The third-order valence-corrected chi connectivity index (χ3v) is 5.54. The molecular weight excluding hydrogens is 295 g/mol. The third-order valence-electron chi connectivity index (χ3n) is 5.54. The van der Waals surface area contributed by atoms with Crippen LogP contribution < -0.4 is 0 Å². The van der Waals surface area contributed by atoms with Crippen molar-refractivity contribution in [2.45, 2.75) is 56.6 Å². The average Bonchev–Trinajstić information content (AvgIpc) is 2.98. The summed E-state index contributed by atoms with van der Waals surface area (Å²) in [6.45, 7) is 1.98. The van der Waals surface area contributed by atoms with Gasteiger partial charge in [0.1, 0.15) is 5.82 Å². The number of hydrogen-bond acceptors (Lipinski definition) is 4. The number of halogens is 1. The number of fused-ring (bicyclic) bond motifs is 1. The molecule has 23 heavy (non-hydrogen) atoms. The van der Waals surface area contributed by atoms with Crippen molar-refractivity contribution >= 4 is 11.0 Å². The molecule has 1 saturated carbocycles. The highest BCUT2D eigenvalue weighted by molar-refractivity contribution is 5.79. The molecule has 1 aliphatic carbocycles. The van der Waals surface area contributed by atoms with Gasteiger partial charge in [0.05, 0.1) is 11.8 Å². The lowest BCUT2D eigenvalue weighted by Gasteiger charge is -2.41. The van der Waals surface area contributed by atoms with Crippen LogP contribution in [0.2, 0.25) is 0 Å². The lowest BCUT2D eigenvalue weighted by molar-refractivity contribution is 0.00847. The van der Waals surface area contributed by atoms with Gasteiger partial charge in [-0.2, -0.15) is 0 Å². The number of nitrogens with zero attached hydrogens (tertiary/aromatic N) is 2. The maximum Gasteiger partial charge on any atom is 0.170 e. The first-order valence-electron chi connectivity index (χ1n) is 8.69. The van der Waals surface area contributed by atoms with Crippen LogP contribution in [-0.4, -0.2) is 40.4 Å². The fourth-order valence-electron chi connectivity index (χ4n) is 4.25. The highest BCUT2D eigenvalue weighted by Gasteiger charge is 2.33. The van der Waals surface area contributed by atoms with E-state index in [2.05, 4.69) is 10.1 Å². The molecule has 2 aliphatic rings. The molecule has 0 spiro atoms. The molecule has 4 nitrogen and oxygen atoms in total. The Hall–Kier alpha value is -1.46. The van der Waals surface area contributed by atoms with Crippen molar-refractivity contribution < 1.29 is 14.0 Å². The molecule has 1 saturated heterocycles. The van der Waals surface area contributed by atoms with Crippen molar-refractivity contribution in [3.8, 4) is 0 Å². The molecule has 1 aromatic carbocycles. The zero-order valence-electron chi connectivity index (χ0n) is 13.2. The normalized spacial score (nSPS) is 27.6. The Balaban J connectivity index is 1.46. The van der Waals surface area contributed by atoms with Crippen molar-refractivity contribution in [1.82, 2.24) is 10.1 Å². The van der Waals surface area contributed by atoms with Gasteiger partial charge in [-0.25, -0.2) is 4.39 Å². The fraction of sp³-hybridized carbons (Fsp3) is 0.611. The lowest BCUT2D eigenvalue weighted by atomic mass is 9.87. The summed E-state index contributed by atoms with van der Waals surface area (Å²) in [7, 11) is 0. The number of aromatic nitrogens is 1. The minimum Gasteiger partial charge on any atom is -0.391 e. The Morgan fingerprint density at radius 2 is 1.91 bits per heavy atom. The summed E-state index contributed by atoms with van der Waals surface area (Å²) >= 11 is 0. The number of likely N-dealkylation sites (tertiary alicyclic amines) is 1. The largest absolute Gasteiger partial charge is 0.391 e. The van der Waals surface area contributed by atoms with E-state index in [0.717, 1.165) is 56.3 Å². The molecule has 0 radical (unpaired) electrons. The number of benzene rings is 1. The predicted octanol–water partition coefficient (Wildman–Crippen LogP) is 3.45. The first-order chi connectivity index (χ1) is 11.2. The first-order valence-corrected chi connectivity index (χ1v) is 8.69. The van der Waals surface area contributed by atoms with Gasteiger partial charge in [-0.3, -0.25) is 4.90 Å². The van der Waals surface area contributed by atoms with Crippen LogP contribution in [0.15, 0.2) is 22.7 Å². The van der Waals surface area contributed by atoms with Gasteiger partial charge in [0.25, 0.3) is 0 Å². The van der Waals surface area contributed by atoms with Crippen LogP contribution in [0.4, 0.5) is 4.39 Å². The molecule has 0 bridgehead atoms. The second-order valence-electron chi connectivity index (χ2n) is 6.94. The molecule has 1 aliphatic heterocycles. The summed E-state index contributed by atoms with van der Waals surface area (Å²) < 4.78 is 18.6. The molecule has 2 atom stereocenters. The standard InChI is InChI=1S/C18H23FN2O2/c19-13-5-6-14-17(11-13)23-20-18(14)12-7-9-21(10-8-12)15-3-1-2-4-16(15)22/h5-6,11-12,15-16,22H,1-4,7-10H2/t15-,16-/m0/s1. The predicted molar refractivity (Wildman–Crippen MR) is 85.8 cm³/mol. The smallest absolute Gasteiger partial charge is 0.170 e. The van der Waals surface area contributed by atoms with Crippen LogP contribution >= 0.6 is 0 Å². The van der Waals surface area contributed by atoms with Gasteiger partial charge < -0.3 is 9.63 Å². The van der Waals surface area contributed by atoms with Gasteiger partial charge >= 0.3 is 0 Å². The van der Waals surface area contributed by atoms with Crippen LogP contribution in [0.25, 0.3) is 11.0 Å². The Morgan fingerprint density at radius 3 is 2.70 bits per heavy atom. The number of aliphatic hydroxyl groups is 1. The summed E-state index contributed by atoms with van der Waals surface area (Å²) in [5, 5.41) is 15.4. The van der Waals surface area contributed by atoms with E-state index >= 15 is 0 Å². The van der Waals surface area contributed by atoms with Gasteiger partial charge in [0, 0.05) is 23.4 Å². The van der Waals surface area contributed by atoms with Gasteiger partial charge in [0.2, 0.25) is 0 Å². The molecule has 1 aromatic heterocycles. The number of piperidine rings is 1. The number of rotatable bonds is 2. The first kappa shape index (κ1) is 15.1. The fourth-order valence-corrected chi connectivity index (χ4v) is 4.25. The maximum absolute atomic E-state index is 13.3. The molecule has 2 fully saturated rings. The average molecular weight is 318 g/mol. The Kier molecular flexibility index (Phi) is 4.07. The van der Waals surface area contributed by atoms with Gasteiger partial charge in [0.15, 0.2) is 5.58 Å². The summed E-state index contributed by atoms with van der Waals surface area (Å²) in [4.78, 5) is 2.45. The second-order valence-corrected chi connectivity index (χ2v) is 6.94. The number of aliphatic hydroxyl groups excluding tert-OH is 1. The third kappa shape index (κ3) is 2.88. The molecule has 2 heterocycles. The van der Waals surface area contributed by atoms with E-state index in [1.807, 2.05) is 0 Å². The zero-order valence-corrected chi connectivity index (χ0v) is 13.2. The Morgan fingerprint density at radius 1 is 1.13 bits per heavy atom. The molecule has 0 unspecified atom stereocenters. The van der Waals surface area contributed by atoms with E-state index in [4.69, 9.17) is 4.52 Å². The summed E-state index contributed by atoms with van der Waals surface area (Å²) in [6, 6.07) is 4.97. The van der Waals surface area contributed by atoms with Gasteiger partial charge in [-0.1, -0.05) is 18.0 Å². The molecule has 124 valence electrons. The van der Waals surface area contributed by atoms with E-state index in [1.165, 1.54) is 18.6 Å². The van der Waals surface area contributed by atoms with E-state index in [-0.39, 0.29) is 11.9 Å². The van der Waals surface area contributed by atoms with Crippen LogP contribution in [0.5, 0.6) is 0 Å². The molecule has 2 aromatic rings. The minimum atomic E-state index is -0.290. The quantitative estimate of drug-likeness (QED) is 0.921. The van der Waals surface area contributed by atoms with E-state index in [0.29, 0.717) is 17.5 Å². The van der Waals surface area contributed by atoms with Gasteiger partial charge in [-0.05, 0) is 50.9 Å². The zero-order chi connectivity index (χ0) is 15.8. The molecule has 1 N–H and O–H groups in total. The van der Waals surface area contributed by atoms with Crippen LogP contribution in [0, 0.1) is 5.82 Å². The lowest BCUT2D eigenvalue weighted by Crippen LogP contribution is -2.48. The van der Waals surface area contributed by atoms with E-state index in [1.54, 1.807) is 6.07 Å². The Labute approximate surface area is 135 Å². The van der Waals surface area contributed by atoms with E-state index < -0.39 is 0 Å². The van der Waals surface area contributed by atoms with Gasteiger partial charge in [-0.15, -0.1) is 0 Å². The van der Waals surface area contributed by atoms with Crippen molar-refractivity contribution in [2.24, 2.45) is 0 Å². The summed E-state index contributed by atoms with van der Waals surface area (Å²) in [6.07, 6.45) is 6.28. The minimum absolute atomic E-state index is 0.170. The Bertz CT molecular complexity index is 679. The molecular formula is C18H23FN2O2. The second kappa shape index (κ2) is 6.21. The van der Waals surface area contributed by atoms with Crippen LogP contribution in [0.3, 0.4) is 0 Å².